The fraction of sp³-hybridized carbons (Fsp3) is 0.429. The molecule has 0 aliphatic carbocycles. The molecule has 0 unspecified atom stereocenters. The molecule has 0 radical (unpaired) electrons. The third kappa shape index (κ3) is 6.38. The lowest BCUT2D eigenvalue weighted by molar-refractivity contribution is -0.137. The van der Waals surface area contributed by atoms with Gasteiger partial charge in [-0.3, -0.25) is 0 Å². The molecule has 0 aromatic carbocycles. The largest absolute Gasteiger partial charge is 0.472 e. The lowest BCUT2D eigenvalue weighted by Gasteiger charge is -1.93. The van der Waals surface area contributed by atoms with Gasteiger partial charge >= 0.3 is 11.9 Å². The minimum absolute atomic E-state index is 0.271. The molecule has 0 aliphatic heterocycles. The highest BCUT2D eigenvalue weighted by Crippen LogP contribution is 1.79. The van der Waals surface area contributed by atoms with E-state index in [-0.39, 0.29) is 6.61 Å². The van der Waals surface area contributed by atoms with Gasteiger partial charge < -0.3 is 9.84 Å². The summed E-state index contributed by atoms with van der Waals surface area (Å²) in [7, 11) is 0. The van der Waals surface area contributed by atoms with E-state index in [1.807, 2.05) is 6.92 Å². The highest BCUT2D eigenvalue weighted by Gasteiger charge is 1.94. The number of hydrogen-bond donors (Lipinski definition) is 1. The first-order valence-corrected chi connectivity index (χ1v) is 3.08. The van der Waals surface area contributed by atoms with Crippen molar-refractivity contribution in [1.82, 2.24) is 0 Å². The first kappa shape index (κ1) is 9.50. The molecule has 0 aromatic heterocycles. The molecule has 11 heavy (non-hydrogen) atoms. The number of aliphatic carboxylic acids is 1. The predicted octanol–water partition coefficient (Wildman–Crippen LogP) is 0.0276. The Morgan fingerprint density at radius 1 is 1.45 bits per heavy atom. The molecule has 0 atom stereocenters. The van der Waals surface area contributed by atoms with Crippen LogP contribution in [0.3, 0.4) is 0 Å². The number of carbonyl (C=O) groups excluding carboxylic acids is 1. The van der Waals surface area contributed by atoms with Crippen molar-refractivity contribution in [2.75, 3.05) is 6.61 Å². The Labute approximate surface area is 64.2 Å². The normalized spacial score (nSPS) is 7.73. The topological polar surface area (TPSA) is 63.6 Å². The summed E-state index contributed by atoms with van der Waals surface area (Å²) in [6, 6.07) is 0. The summed E-state index contributed by atoms with van der Waals surface area (Å²) in [5, 5.41) is 8.01. The maximum absolute atomic E-state index is 10.4. The van der Waals surface area contributed by atoms with Gasteiger partial charge in [0.2, 0.25) is 0 Å². The molecular weight excluding hydrogens is 148 g/mol. The Kier molecular flexibility index (Phi) is 4.58. The third-order valence-corrected chi connectivity index (χ3v) is 0.709. The number of carboxylic acid groups (broad SMARTS) is 1. The van der Waals surface area contributed by atoms with Crippen LogP contribution in [0.4, 0.5) is 0 Å². The average Bonchev–Trinajstić information content (AvgIpc) is 1.97. The number of ether oxygens (including phenoxy) is 1. The van der Waals surface area contributed by atoms with Gasteiger partial charge in [0.25, 0.3) is 0 Å². The second kappa shape index (κ2) is 5.30. The Morgan fingerprint density at radius 2 is 2.09 bits per heavy atom. The first-order chi connectivity index (χ1) is 5.16. The number of esters is 1. The number of carbonyl (C=O) groups is 2. The second-order valence-corrected chi connectivity index (χ2v) is 1.69. The Bertz CT molecular complexity index is 208. The zero-order valence-electron chi connectivity index (χ0n) is 6.09. The molecule has 60 valence electrons. The summed E-state index contributed by atoms with van der Waals surface area (Å²) in [6.45, 7) is 2.10. The van der Waals surface area contributed by atoms with E-state index in [2.05, 4.69) is 4.74 Å². The highest BCUT2D eigenvalue weighted by molar-refractivity contribution is 5.97. The first-order valence-electron chi connectivity index (χ1n) is 3.08. The van der Waals surface area contributed by atoms with E-state index in [1.165, 1.54) is 0 Å². The maximum Gasteiger partial charge on any atom is 0.384 e. The smallest absolute Gasteiger partial charge is 0.384 e. The van der Waals surface area contributed by atoms with Crippen LogP contribution in [0.15, 0.2) is 0 Å². The van der Waals surface area contributed by atoms with Crippen LogP contribution in [0.25, 0.3) is 0 Å². The van der Waals surface area contributed by atoms with E-state index < -0.39 is 11.9 Å². The summed E-state index contributed by atoms with van der Waals surface area (Å²) < 4.78 is 4.47. The SMILES string of the molecule is CCCOC(=O)C#CC(=O)O. The molecule has 1 N–H and O–H groups in total. The van der Waals surface area contributed by atoms with E-state index >= 15 is 0 Å². The maximum atomic E-state index is 10.4. The molecule has 0 saturated heterocycles. The Hall–Kier alpha value is -1.50. The van der Waals surface area contributed by atoms with Gasteiger partial charge in [0, 0.05) is 11.8 Å². The van der Waals surface area contributed by atoms with Gasteiger partial charge in [-0.25, -0.2) is 9.59 Å². The summed E-state index contributed by atoms with van der Waals surface area (Å²) >= 11 is 0. The van der Waals surface area contributed by atoms with Crippen molar-refractivity contribution in [2.24, 2.45) is 0 Å². The van der Waals surface area contributed by atoms with Crippen molar-refractivity contribution < 1.29 is 19.4 Å². The number of rotatable bonds is 2. The van der Waals surface area contributed by atoms with Crippen LogP contribution in [0.5, 0.6) is 0 Å². The summed E-state index contributed by atoms with van der Waals surface area (Å²) in [4.78, 5) is 20.2. The van der Waals surface area contributed by atoms with E-state index in [9.17, 15) is 9.59 Å². The van der Waals surface area contributed by atoms with Crippen molar-refractivity contribution >= 4 is 11.9 Å². The lowest BCUT2D eigenvalue weighted by atomic mass is 10.5. The molecule has 0 spiro atoms. The highest BCUT2D eigenvalue weighted by atomic mass is 16.5. The quantitative estimate of drug-likeness (QED) is 0.348. The summed E-state index contributed by atoms with van der Waals surface area (Å²) in [5.74, 6) is 1.32. The van der Waals surface area contributed by atoms with Crippen LogP contribution in [0, 0.1) is 11.8 Å². The summed E-state index contributed by atoms with van der Waals surface area (Å²) in [6.07, 6.45) is 0.695. The summed E-state index contributed by atoms with van der Waals surface area (Å²) in [5.41, 5.74) is 0. The van der Waals surface area contributed by atoms with Gasteiger partial charge in [0.05, 0.1) is 6.61 Å². The standard InChI is InChI=1S/C7H8O4/c1-2-5-11-7(10)4-3-6(8)9/h2,5H2,1H3,(H,8,9). The van der Waals surface area contributed by atoms with Crippen LogP contribution in [-0.2, 0) is 14.3 Å². The molecule has 0 aliphatic rings. The molecule has 0 bridgehead atoms. The van der Waals surface area contributed by atoms with Crippen molar-refractivity contribution in [3.63, 3.8) is 0 Å². The second-order valence-electron chi connectivity index (χ2n) is 1.69. The van der Waals surface area contributed by atoms with Crippen molar-refractivity contribution in [3.8, 4) is 11.8 Å². The van der Waals surface area contributed by atoms with Gasteiger partial charge in [-0.15, -0.1) is 0 Å². The lowest BCUT2D eigenvalue weighted by Crippen LogP contribution is -2.02. The van der Waals surface area contributed by atoms with Gasteiger partial charge in [0.1, 0.15) is 0 Å². The molecule has 4 heteroatoms. The van der Waals surface area contributed by atoms with Crippen LogP contribution < -0.4 is 0 Å². The van der Waals surface area contributed by atoms with Gasteiger partial charge in [0.15, 0.2) is 0 Å². The zero-order chi connectivity index (χ0) is 8.69. The Balaban J connectivity index is 3.71. The molecule has 0 fully saturated rings. The molecule has 0 saturated carbocycles. The molecule has 0 aromatic rings. The van der Waals surface area contributed by atoms with E-state index in [0.29, 0.717) is 6.42 Å². The van der Waals surface area contributed by atoms with Crippen LogP contribution in [0.1, 0.15) is 13.3 Å². The Morgan fingerprint density at radius 3 is 2.55 bits per heavy atom. The zero-order valence-corrected chi connectivity index (χ0v) is 6.09. The molecule has 0 heterocycles. The van der Waals surface area contributed by atoms with Gasteiger partial charge in [-0.1, -0.05) is 6.92 Å². The van der Waals surface area contributed by atoms with Gasteiger partial charge in [-0.2, -0.15) is 0 Å². The minimum atomic E-state index is -1.33. The minimum Gasteiger partial charge on any atom is -0.472 e. The van der Waals surface area contributed by atoms with Crippen LogP contribution in [0.2, 0.25) is 0 Å². The van der Waals surface area contributed by atoms with Crippen molar-refractivity contribution in [1.29, 1.82) is 0 Å². The van der Waals surface area contributed by atoms with E-state index in [4.69, 9.17) is 5.11 Å². The molecule has 4 nitrogen and oxygen atoms in total. The number of carboxylic acids is 1. The average molecular weight is 156 g/mol. The predicted molar refractivity (Wildman–Crippen MR) is 36.7 cm³/mol. The third-order valence-electron chi connectivity index (χ3n) is 0.709. The van der Waals surface area contributed by atoms with Crippen molar-refractivity contribution in [3.05, 3.63) is 0 Å². The fourth-order valence-corrected chi connectivity index (χ4v) is 0.335. The van der Waals surface area contributed by atoms with E-state index in [1.54, 1.807) is 11.8 Å². The van der Waals surface area contributed by atoms with Crippen molar-refractivity contribution in [2.45, 2.75) is 13.3 Å². The molecule has 0 amide bonds. The van der Waals surface area contributed by atoms with Gasteiger partial charge in [-0.05, 0) is 6.42 Å². The molecule has 0 rings (SSSR count). The fourth-order valence-electron chi connectivity index (χ4n) is 0.335. The molecular formula is C7H8O4. The number of hydrogen-bond acceptors (Lipinski definition) is 3. The van der Waals surface area contributed by atoms with Crippen LogP contribution >= 0.6 is 0 Å². The monoisotopic (exact) mass is 156 g/mol. The van der Waals surface area contributed by atoms with E-state index in [0.717, 1.165) is 0 Å². The van der Waals surface area contributed by atoms with Crippen LogP contribution in [-0.4, -0.2) is 23.7 Å².